The van der Waals surface area contributed by atoms with E-state index in [2.05, 4.69) is 34.7 Å². The average molecular weight is 691 g/mol. The number of nitrogens with two attached hydrogens (primary N) is 1. The van der Waals surface area contributed by atoms with Crippen molar-refractivity contribution in [1.82, 2.24) is 25.8 Å². The van der Waals surface area contributed by atoms with Crippen LogP contribution in [0.1, 0.15) is 82.2 Å². The molecule has 270 valence electrons. The van der Waals surface area contributed by atoms with Gasteiger partial charge in [-0.3, -0.25) is 28.8 Å². The molecule has 6 atom stereocenters. The van der Waals surface area contributed by atoms with Gasteiger partial charge >= 0.3 is 0 Å². The van der Waals surface area contributed by atoms with Gasteiger partial charge in [0.25, 0.3) is 11.8 Å². The molecule has 13 nitrogen and oxygen atoms in total. The molecular formula is C37H50N6O7. The lowest BCUT2D eigenvalue weighted by Gasteiger charge is -2.30. The van der Waals surface area contributed by atoms with Crippen LogP contribution in [0, 0.1) is 5.92 Å². The Balaban J connectivity index is 1.26. The molecule has 5 N–H and O–H groups in total. The lowest BCUT2D eigenvalue weighted by Crippen LogP contribution is -2.57. The number of ketones is 1. The minimum Gasteiger partial charge on any atom is -0.376 e. The van der Waals surface area contributed by atoms with Crippen molar-refractivity contribution in [3.63, 3.8) is 0 Å². The summed E-state index contributed by atoms with van der Waals surface area (Å²) in [7, 11) is 0. The van der Waals surface area contributed by atoms with Gasteiger partial charge in [-0.05, 0) is 69.6 Å². The number of allylic oxidation sites excluding steroid dienone is 2. The van der Waals surface area contributed by atoms with Crippen LogP contribution < -0.4 is 21.7 Å². The van der Waals surface area contributed by atoms with E-state index in [1.54, 1.807) is 30.3 Å². The average Bonchev–Trinajstić information content (AvgIpc) is 3.73. The van der Waals surface area contributed by atoms with Crippen LogP contribution in [0.2, 0.25) is 0 Å². The highest BCUT2D eigenvalue weighted by Crippen LogP contribution is 2.35. The van der Waals surface area contributed by atoms with E-state index in [-0.39, 0.29) is 42.8 Å². The van der Waals surface area contributed by atoms with Gasteiger partial charge in [-0.2, -0.15) is 0 Å². The zero-order valence-electron chi connectivity index (χ0n) is 28.6. The van der Waals surface area contributed by atoms with Crippen molar-refractivity contribution in [2.75, 3.05) is 19.7 Å². The Morgan fingerprint density at radius 3 is 2.38 bits per heavy atom. The van der Waals surface area contributed by atoms with Crippen LogP contribution in [-0.2, 0) is 33.5 Å². The topological polar surface area (TPSA) is 180 Å². The van der Waals surface area contributed by atoms with E-state index in [9.17, 15) is 28.8 Å². The number of fused-ring (bicyclic) bond motifs is 3. The number of amides is 5. The number of Topliss-reactive ketones (excluding diaryl/α,β-unsaturated/α-hetero) is 1. The number of hydrogen-bond donors (Lipinski definition) is 4. The van der Waals surface area contributed by atoms with E-state index in [0.29, 0.717) is 31.4 Å². The molecule has 0 spiro atoms. The molecular weight excluding hydrogens is 640 g/mol. The Bertz CT molecular complexity index is 1450. The Morgan fingerprint density at radius 1 is 1.00 bits per heavy atom. The molecule has 3 fully saturated rings. The van der Waals surface area contributed by atoms with E-state index in [4.69, 9.17) is 10.5 Å². The summed E-state index contributed by atoms with van der Waals surface area (Å²) in [6.07, 6.45) is 12.9. The van der Waals surface area contributed by atoms with Crippen molar-refractivity contribution >= 4 is 35.3 Å². The summed E-state index contributed by atoms with van der Waals surface area (Å²) in [6.45, 7) is 3.90. The maximum atomic E-state index is 13.9. The molecule has 13 heteroatoms. The Morgan fingerprint density at radius 2 is 1.70 bits per heavy atom. The molecule has 3 heterocycles. The standard InChI is InChI=1S/C37H50N6O7/c1-2-42(25-18-19-25)37(49)31(24-14-10-9-11-15-24)41-30(44)22-39-35(47)33(45)28-17-13-8-6-4-3-5-7-12-16-27(38)36(48)43-23-29-26(20-21-50-29)32(43)34(46)40-28/h2-4,9-11,14-15,25-29,31-32H,1,5-8,12-13,16-23,38H2,(H,39,47)(H,40,46)(H,41,44)/b4-3+/t26-,27-,28-,29-,31-,32?/m0/s1. The minimum atomic E-state index is -1.17. The van der Waals surface area contributed by atoms with E-state index < -0.39 is 54.2 Å². The molecule has 50 heavy (non-hydrogen) atoms. The molecule has 4 aliphatic rings. The second-order valence-corrected chi connectivity index (χ2v) is 13.6. The largest absolute Gasteiger partial charge is 0.376 e. The monoisotopic (exact) mass is 690 g/mol. The highest BCUT2D eigenvalue weighted by molar-refractivity contribution is 6.38. The molecule has 5 rings (SSSR count). The van der Waals surface area contributed by atoms with E-state index >= 15 is 0 Å². The van der Waals surface area contributed by atoms with Crippen LogP contribution in [0.4, 0.5) is 0 Å². The number of nitrogens with one attached hydrogen (secondary N) is 3. The Kier molecular flexibility index (Phi) is 12.9. The summed E-state index contributed by atoms with van der Waals surface area (Å²) in [5.41, 5.74) is 6.87. The lowest BCUT2D eigenvalue weighted by molar-refractivity contribution is -0.143. The summed E-state index contributed by atoms with van der Waals surface area (Å²) in [6, 6.07) is 4.97. The van der Waals surface area contributed by atoms with Crippen molar-refractivity contribution in [3.05, 3.63) is 60.8 Å². The second-order valence-electron chi connectivity index (χ2n) is 13.6. The maximum absolute atomic E-state index is 13.9. The van der Waals surface area contributed by atoms with Gasteiger partial charge in [0.1, 0.15) is 12.1 Å². The van der Waals surface area contributed by atoms with Crippen molar-refractivity contribution in [2.24, 2.45) is 11.7 Å². The summed E-state index contributed by atoms with van der Waals surface area (Å²) in [5, 5.41) is 7.86. The highest BCUT2D eigenvalue weighted by Gasteiger charge is 2.51. The fourth-order valence-corrected chi connectivity index (χ4v) is 7.12. The molecule has 0 aromatic heterocycles. The van der Waals surface area contributed by atoms with Crippen molar-refractivity contribution in [2.45, 2.75) is 107 Å². The quantitative estimate of drug-likeness (QED) is 0.224. The first kappa shape index (κ1) is 36.9. The summed E-state index contributed by atoms with van der Waals surface area (Å²) >= 11 is 0. The number of carbonyl (C=O) groups excluding carboxylic acids is 6. The van der Waals surface area contributed by atoms with Crippen LogP contribution in [0.5, 0.6) is 0 Å². The molecule has 1 unspecified atom stereocenters. The number of rotatable bonds is 9. The molecule has 1 aliphatic carbocycles. The third kappa shape index (κ3) is 9.25. The van der Waals surface area contributed by atoms with Gasteiger partial charge in [0, 0.05) is 25.1 Å². The van der Waals surface area contributed by atoms with Crippen molar-refractivity contribution < 1.29 is 33.5 Å². The first-order valence-electron chi connectivity index (χ1n) is 17.9. The number of ether oxygens (including phenoxy) is 1. The van der Waals surface area contributed by atoms with E-state index in [1.807, 2.05) is 0 Å². The number of nitrogens with zero attached hydrogens (tertiary/aromatic N) is 2. The maximum Gasteiger partial charge on any atom is 0.290 e. The molecule has 2 saturated heterocycles. The Labute approximate surface area is 293 Å². The van der Waals surface area contributed by atoms with Crippen LogP contribution in [0.25, 0.3) is 0 Å². The van der Waals surface area contributed by atoms with Gasteiger partial charge in [-0.25, -0.2) is 0 Å². The Hall–Kier alpha value is -4.36. The normalized spacial score (nSPS) is 27.5. The molecule has 1 saturated carbocycles. The second kappa shape index (κ2) is 17.5. The highest BCUT2D eigenvalue weighted by atomic mass is 16.5. The van der Waals surface area contributed by atoms with Crippen molar-refractivity contribution in [1.29, 1.82) is 0 Å². The summed E-state index contributed by atoms with van der Waals surface area (Å²) in [5.74, 6) is -4.04. The van der Waals surface area contributed by atoms with E-state index in [0.717, 1.165) is 44.9 Å². The minimum absolute atomic E-state index is 0.0307. The van der Waals surface area contributed by atoms with Gasteiger partial charge < -0.3 is 36.2 Å². The predicted molar refractivity (Wildman–Crippen MR) is 185 cm³/mol. The van der Waals surface area contributed by atoms with Gasteiger partial charge in [0.15, 0.2) is 0 Å². The van der Waals surface area contributed by atoms with Gasteiger partial charge in [-0.1, -0.05) is 61.9 Å². The SMILES string of the molecule is C=CN(C(=O)[C@@H](NC(=O)CNC(=O)C(=O)[C@@H]1CCCC/C=C/CCCC[C@H](N)C(=O)N2C[C@@H]3OCC[C@@H]3C2C(=O)N1)c1ccccc1)C1CC1. The van der Waals surface area contributed by atoms with Crippen molar-refractivity contribution in [3.8, 4) is 0 Å². The van der Waals surface area contributed by atoms with Crippen LogP contribution in [0.15, 0.2) is 55.3 Å². The first-order valence-corrected chi connectivity index (χ1v) is 17.9. The molecule has 3 aliphatic heterocycles. The zero-order valence-corrected chi connectivity index (χ0v) is 28.6. The summed E-state index contributed by atoms with van der Waals surface area (Å²) in [4.78, 5) is 83.7. The number of benzene rings is 1. The first-order chi connectivity index (χ1) is 24.2. The summed E-state index contributed by atoms with van der Waals surface area (Å²) < 4.78 is 5.83. The zero-order chi connectivity index (χ0) is 35.6. The fraction of sp³-hybridized carbons (Fsp3) is 0.568. The van der Waals surface area contributed by atoms with Crippen LogP contribution >= 0.6 is 0 Å². The molecule has 0 radical (unpaired) electrons. The van der Waals surface area contributed by atoms with E-state index in [1.165, 1.54) is 16.0 Å². The van der Waals surface area contributed by atoms with Gasteiger partial charge in [-0.15, -0.1) is 0 Å². The van der Waals surface area contributed by atoms with Crippen LogP contribution in [-0.4, -0.2) is 95.1 Å². The fourth-order valence-electron chi connectivity index (χ4n) is 7.12. The number of hydrogen-bond acceptors (Lipinski definition) is 8. The number of carbonyl (C=O) groups is 6. The van der Waals surface area contributed by atoms with Crippen LogP contribution in [0.3, 0.4) is 0 Å². The lowest BCUT2D eigenvalue weighted by atomic mass is 9.95. The predicted octanol–water partition coefficient (Wildman–Crippen LogP) is 1.78. The molecule has 1 aromatic rings. The van der Waals surface area contributed by atoms with Gasteiger partial charge in [0.05, 0.1) is 24.7 Å². The smallest absolute Gasteiger partial charge is 0.290 e. The molecule has 5 amide bonds. The third-order valence-electron chi connectivity index (χ3n) is 10.0. The molecule has 0 bridgehead atoms. The van der Waals surface area contributed by atoms with Gasteiger partial charge in [0.2, 0.25) is 23.5 Å². The molecule has 1 aromatic carbocycles. The third-order valence-corrected chi connectivity index (χ3v) is 10.0.